The standard InChI is InChI=1S/C20H19ClN4O4S/c21-16-7-9-17(10-8-16)30(27,28)25-12-3-5-18(25)20(26)24-23-14-15-4-1-2-6-19(15)29-13-11-22/h1-2,4,6-10,14,18H,3,5,12-13H2,(H,24,26)/b23-14-/t18-/m1/s1. The number of sulfonamides is 1. The van der Waals surface area contributed by atoms with Crippen LogP contribution in [0.2, 0.25) is 5.02 Å². The van der Waals surface area contributed by atoms with E-state index in [4.69, 9.17) is 21.6 Å². The maximum atomic E-state index is 12.9. The Balaban J connectivity index is 1.70. The maximum Gasteiger partial charge on any atom is 0.258 e. The minimum Gasteiger partial charge on any atom is -0.478 e. The Hall–Kier alpha value is -2.93. The lowest BCUT2D eigenvalue weighted by molar-refractivity contribution is -0.124. The average molecular weight is 447 g/mol. The van der Waals surface area contributed by atoms with Gasteiger partial charge in [0.25, 0.3) is 5.91 Å². The first-order chi connectivity index (χ1) is 14.4. The summed E-state index contributed by atoms with van der Waals surface area (Å²) in [6.07, 6.45) is 2.35. The molecular weight excluding hydrogens is 428 g/mol. The number of carbonyl (C=O) groups is 1. The average Bonchev–Trinajstić information content (AvgIpc) is 3.24. The monoisotopic (exact) mass is 446 g/mol. The number of carbonyl (C=O) groups excluding carboxylic acids is 1. The van der Waals surface area contributed by atoms with E-state index in [1.165, 1.54) is 34.8 Å². The van der Waals surface area contributed by atoms with Crippen molar-refractivity contribution in [2.45, 2.75) is 23.8 Å². The summed E-state index contributed by atoms with van der Waals surface area (Å²) in [5, 5.41) is 13.0. The zero-order valence-corrected chi connectivity index (χ0v) is 17.4. The van der Waals surface area contributed by atoms with Crippen LogP contribution in [0, 0.1) is 11.3 Å². The minimum atomic E-state index is -3.83. The van der Waals surface area contributed by atoms with Gasteiger partial charge in [-0.1, -0.05) is 23.7 Å². The molecule has 0 unspecified atom stereocenters. The van der Waals surface area contributed by atoms with Gasteiger partial charge >= 0.3 is 0 Å². The summed E-state index contributed by atoms with van der Waals surface area (Å²) in [5.41, 5.74) is 2.98. The lowest BCUT2D eigenvalue weighted by Crippen LogP contribution is -2.44. The molecule has 1 aliphatic heterocycles. The summed E-state index contributed by atoms with van der Waals surface area (Å²) in [4.78, 5) is 12.7. The molecule has 0 radical (unpaired) electrons. The van der Waals surface area contributed by atoms with Crippen LogP contribution in [0.4, 0.5) is 0 Å². The van der Waals surface area contributed by atoms with Gasteiger partial charge in [-0.25, -0.2) is 13.8 Å². The van der Waals surface area contributed by atoms with Crippen molar-refractivity contribution in [2.24, 2.45) is 5.10 Å². The van der Waals surface area contributed by atoms with Gasteiger partial charge in [-0.2, -0.15) is 14.7 Å². The molecule has 3 rings (SSSR count). The van der Waals surface area contributed by atoms with Crippen LogP contribution in [0.15, 0.2) is 58.5 Å². The molecule has 1 atom stereocenters. The second kappa shape index (κ2) is 9.71. The summed E-state index contributed by atoms with van der Waals surface area (Å²) in [7, 11) is -3.83. The van der Waals surface area contributed by atoms with Crippen LogP contribution >= 0.6 is 11.6 Å². The molecule has 0 saturated carbocycles. The molecule has 2 aromatic rings. The number of halogens is 1. The van der Waals surface area contributed by atoms with E-state index < -0.39 is 22.0 Å². The van der Waals surface area contributed by atoms with Crippen molar-refractivity contribution in [1.29, 1.82) is 5.26 Å². The maximum absolute atomic E-state index is 12.9. The highest BCUT2D eigenvalue weighted by Gasteiger charge is 2.39. The Labute approximate surface area is 179 Å². The number of nitriles is 1. The van der Waals surface area contributed by atoms with Crippen LogP contribution in [0.5, 0.6) is 5.75 Å². The molecule has 8 nitrogen and oxygen atoms in total. The van der Waals surface area contributed by atoms with Crippen LogP contribution in [0.25, 0.3) is 0 Å². The normalized spacial score (nSPS) is 17.0. The van der Waals surface area contributed by atoms with Crippen LogP contribution in [-0.4, -0.2) is 44.0 Å². The predicted octanol–water partition coefficient (Wildman–Crippen LogP) is 2.55. The highest BCUT2D eigenvalue weighted by molar-refractivity contribution is 7.89. The van der Waals surface area contributed by atoms with Crippen molar-refractivity contribution in [1.82, 2.24) is 9.73 Å². The number of nitrogens with zero attached hydrogens (tertiary/aromatic N) is 3. The molecule has 1 N–H and O–H groups in total. The summed E-state index contributed by atoms with van der Waals surface area (Å²) in [6, 6.07) is 13.8. The Morgan fingerprint density at radius 3 is 2.77 bits per heavy atom. The molecule has 1 amide bonds. The molecule has 0 aromatic heterocycles. The van der Waals surface area contributed by atoms with Gasteiger partial charge in [-0.15, -0.1) is 0 Å². The third-order valence-corrected chi connectivity index (χ3v) is 6.69. The fourth-order valence-corrected chi connectivity index (χ4v) is 4.88. The number of rotatable bonds is 7. The third kappa shape index (κ3) is 4.97. The Bertz CT molecular complexity index is 1080. The van der Waals surface area contributed by atoms with Crippen molar-refractivity contribution in [3.63, 3.8) is 0 Å². The van der Waals surface area contributed by atoms with E-state index in [0.717, 1.165) is 0 Å². The molecule has 30 heavy (non-hydrogen) atoms. The number of para-hydroxylation sites is 1. The molecule has 1 saturated heterocycles. The number of hydrazone groups is 1. The van der Waals surface area contributed by atoms with E-state index in [1.807, 2.05) is 6.07 Å². The first-order valence-electron chi connectivity index (χ1n) is 9.12. The first-order valence-corrected chi connectivity index (χ1v) is 10.9. The summed E-state index contributed by atoms with van der Waals surface area (Å²) < 4.78 is 32.3. The summed E-state index contributed by atoms with van der Waals surface area (Å²) in [6.45, 7) is 0.133. The van der Waals surface area contributed by atoms with Gasteiger partial charge in [-0.3, -0.25) is 4.79 Å². The lowest BCUT2D eigenvalue weighted by Gasteiger charge is -2.22. The second-order valence-corrected chi connectivity index (χ2v) is 8.77. The van der Waals surface area contributed by atoms with E-state index in [1.54, 1.807) is 24.3 Å². The predicted molar refractivity (Wildman–Crippen MR) is 112 cm³/mol. The van der Waals surface area contributed by atoms with E-state index in [0.29, 0.717) is 29.2 Å². The van der Waals surface area contributed by atoms with Crippen molar-refractivity contribution in [2.75, 3.05) is 13.2 Å². The number of amides is 1. The number of benzene rings is 2. The third-order valence-electron chi connectivity index (χ3n) is 4.52. The zero-order valence-electron chi connectivity index (χ0n) is 15.9. The van der Waals surface area contributed by atoms with E-state index in [-0.39, 0.29) is 18.0 Å². The van der Waals surface area contributed by atoms with Crippen molar-refractivity contribution < 1.29 is 17.9 Å². The van der Waals surface area contributed by atoms with E-state index in [2.05, 4.69) is 10.5 Å². The number of hydrogen-bond donors (Lipinski definition) is 1. The van der Waals surface area contributed by atoms with Gasteiger partial charge in [0.15, 0.2) is 6.61 Å². The van der Waals surface area contributed by atoms with Crippen LogP contribution in [-0.2, 0) is 14.8 Å². The van der Waals surface area contributed by atoms with Crippen molar-refractivity contribution >= 4 is 33.7 Å². The number of hydrogen-bond acceptors (Lipinski definition) is 6. The SMILES string of the molecule is N#CCOc1ccccc1/C=N\NC(=O)[C@H]1CCCN1S(=O)(=O)c1ccc(Cl)cc1. The molecular formula is C20H19ClN4O4S. The topological polar surface area (TPSA) is 112 Å². The zero-order chi connectivity index (χ0) is 21.6. The first kappa shape index (κ1) is 21.8. The summed E-state index contributed by atoms with van der Waals surface area (Å²) >= 11 is 5.83. The van der Waals surface area contributed by atoms with Crippen LogP contribution in [0.1, 0.15) is 18.4 Å². The van der Waals surface area contributed by atoms with Gasteiger partial charge < -0.3 is 4.74 Å². The quantitative estimate of drug-likeness (QED) is 0.518. The van der Waals surface area contributed by atoms with Gasteiger partial charge in [0.05, 0.1) is 11.1 Å². The fraction of sp³-hybridized carbons (Fsp3) is 0.250. The molecule has 1 fully saturated rings. The summed E-state index contributed by atoms with van der Waals surface area (Å²) in [5.74, 6) is -0.0680. The van der Waals surface area contributed by atoms with Gasteiger partial charge in [-0.05, 0) is 49.2 Å². The minimum absolute atomic E-state index is 0.0821. The smallest absolute Gasteiger partial charge is 0.258 e. The second-order valence-electron chi connectivity index (χ2n) is 6.45. The Kier molecular flexibility index (Phi) is 7.05. The largest absolute Gasteiger partial charge is 0.478 e. The van der Waals surface area contributed by atoms with E-state index in [9.17, 15) is 13.2 Å². The molecule has 10 heteroatoms. The highest BCUT2D eigenvalue weighted by Crippen LogP contribution is 2.27. The van der Waals surface area contributed by atoms with Gasteiger partial charge in [0, 0.05) is 17.1 Å². The van der Waals surface area contributed by atoms with Crippen LogP contribution < -0.4 is 10.2 Å². The number of nitrogens with one attached hydrogen (secondary N) is 1. The lowest BCUT2D eigenvalue weighted by atomic mass is 10.2. The Morgan fingerprint density at radius 2 is 2.03 bits per heavy atom. The van der Waals surface area contributed by atoms with Crippen molar-refractivity contribution in [3.05, 3.63) is 59.1 Å². The van der Waals surface area contributed by atoms with Crippen molar-refractivity contribution in [3.8, 4) is 11.8 Å². The molecule has 0 aliphatic carbocycles. The van der Waals surface area contributed by atoms with Gasteiger partial charge in [0.2, 0.25) is 10.0 Å². The molecule has 1 aliphatic rings. The molecule has 2 aromatic carbocycles. The highest BCUT2D eigenvalue weighted by atomic mass is 35.5. The molecule has 156 valence electrons. The fourth-order valence-electron chi connectivity index (χ4n) is 3.10. The van der Waals surface area contributed by atoms with Gasteiger partial charge in [0.1, 0.15) is 17.9 Å². The molecule has 0 bridgehead atoms. The Morgan fingerprint density at radius 1 is 1.30 bits per heavy atom. The van der Waals surface area contributed by atoms with Crippen LogP contribution in [0.3, 0.4) is 0 Å². The molecule has 0 spiro atoms. The number of ether oxygens (including phenoxy) is 1. The van der Waals surface area contributed by atoms with E-state index >= 15 is 0 Å². The molecule has 1 heterocycles.